The van der Waals surface area contributed by atoms with Crippen LogP contribution < -0.4 is 0 Å². The molecule has 0 atom stereocenters. The average Bonchev–Trinajstić information content (AvgIpc) is 3.93. The minimum absolute atomic E-state index is 0. The van der Waals surface area contributed by atoms with E-state index in [1.165, 1.54) is 0 Å². The molecule has 0 saturated carbocycles. The molecular weight excluding hydrogens is 963 g/mol. The minimum atomic E-state index is -10.7. The Kier molecular flexibility index (Phi) is 13.4. The van der Waals surface area contributed by atoms with Crippen molar-refractivity contribution in [3.05, 3.63) is 147 Å². The van der Waals surface area contributed by atoms with Crippen LogP contribution in [-0.2, 0) is 19.5 Å². The maximum atomic E-state index is 9.87. The van der Waals surface area contributed by atoms with E-state index in [2.05, 4.69) is 39.9 Å². The molecule has 61 heavy (non-hydrogen) atoms. The molecule has 0 aliphatic heterocycles. The van der Waals surface area contributed by atoms with Crippen LogP contribution in [0.25, 0.3) is 68.3 Å². The molecule has 8 aromatic heterocycles. The fraction of sp³-hybridized carbons (Fsp3) is 0. The molecule has 10 nitrogen and oxygen atoms in total. The van der Waals surface area contributed by atoms with E-state index < -0.39 is 15.6 Å². The number of H-pyrrole nitrogens is 2. The molecule has 0 unspecified atom stereocenters. The number of pyridine rings is 6. The molecular formula is C36H26F12N10P2Ru. The number of aromatic nitrogens is 10. The van der Waals surface area contributed by atoms with Gasteiger partial charge in [-0.3, -0.25) is 19.9 Å². The number of imidazole rings is 2. The Labute approximate surface area is 349 Å². The summed E-state index contributed by atoms with van der Waals surface area (Å²) in [5.41, 5.74) is 8.34. The summed E-state index contributed by atoms with van der Waals surface area (Å²) in [5.74, 6) is 1.59. The van der Waals surface area contributed by atoms with Gasteiger partial charge in [0.25, 0.3) is 0 Å². The van der Waals surface area contributed by atoms with E-state index in [-0.39, 0.29) is 19.5 Å². The van der Waals surface area contributed by atoms with Gasteiger partial charge in [0.1, 0.15) is 11.6 Å². The molecule has 0 amide bonds. The van der Waals surface area contributed by atoms with Crippen molar-refractivity contribution in [2.24, 2.45) is 0 Å². The predicted octanol–water partition coefficient (Wildman–Crippen LogP) is 14.0. The van der Waals surface area contributed by atoms with E-state index in [0.717, 1.165) is 68.3 Å². The van der Waals surface area contributed by atoms with E-state index >= 15 is 0 Å². The Morgan fingerprint density at radius 2 is 0.574 bits per heavy atom. The molecule has 8 aromatic rings. The second-order valence-corrected chi connectivity index (χ2v) is 15.7. The van der Waals surface area contributed by atoms with Crippen LogP contribution in [-0.4, -0.2) is 49.8 Å². The van der Waals surface area contributed by atoms with Crippen LogP contribution in [0.1, 0.15) is 0 Å². The predicted molar refractivity (Wildman–Crippen MR) is 204 cm³/mol. The molecule has 0 spiro atoms. The molecule has 0 aromatic carbocycles. The van der Waals surface area contributed by atoms with Gasteiger partial charge in [0.05, 0.1) is 45.6 Å². The zero-order valence-corrected chi connectivity index (χ0v) is 33.7. The van der Waals surface area contributed by atoms with Crippen molar-refractivity contribution in [1.82, 2.24) is 49.8 Å². The first-order valence-electron chi connectivity index (χ1n) is 16.5. The van der Waals surface area contributed by atoms with E-state index in [1.807, 2.05) is 97.1 Å². The molecule has 322 valence electrons. The molecule has 2 N–H and O–H groups in total. The third-order valence-electron chi connectivity index (χ3n) is 6.90. The quantitative estimate of drug-likeness (QED) is 0.0955. The third-order valence-corrected chi connectivity index (χ3v) is 6.90. The normalized spacial score (nSPS) is 13.3. The summed E-state index contributed by atoms with van der Waals surface area (Å²) in [5, 5.41) is 0. The molecule has 0 radical (unpaired) electrons. The van der Waals surface area contributed by atoms with Crippen molar-refractivity contribution < 1.29 is 69.8 Å². The van der Waals surface area contributed by atoms with Gasteiger partial charge < -0.3 is 9.97 Å². The van der Waals surface area contributed by atoms with Gasteiger partial charge in [-0.05, 0) is 72.8 Å². The largest absolute Gasteiger partial charge is 2.00 e. The van der Waals surface area contributed by atoms with E-state index in [4.69, 9.17) is 9.97 Å². The first-order chi connectivity index (χ1) is 27.7. The van der Waals surface area contributed by atoms with Gasteiger partial charge in [0.2, 0.25) is 0 Å². The van der Waals surface area contributed by atoms with Gasteiger partial charge >= 0.3 is 85.5 Å². The summed E-state index contributed by atoms with van der Waals surface area (Å²) in [6.45, 7) is 0. The zero-order valence-electron chi connectivity index (χ0n) is 30.2. The molecule has 25 heteroatoms. The molecule has 0 saturated heterocycles. The van der Waals surface area contributed by atoms with Crippen LogP contribution in [0.3, 0.4) is 0 Å². The van der Waals surface area contributed by atoms with Crippen molar-refractivity contribution in [1.29, 1.82) is 0 Å². The maximum Gasteiger partial charge on any atom is 2.00 e. The number of nitrogens with zero attached hydrogens (tertiary/aromatic N) is 8. The van der Waals surface area contributed by atoms with E-state index in [1.54, 1.807) is 49.6 Å². The summed E-state index contributed by atoms with van der Waals surface area (Å²) in [6, 6.07) is 31.0. The Morgan fingerprint density at radius 1 is 0.328 bits per heavy atom. The van der Waals surface area contributed by atoms with Crippen LogP contribution in [0.4, 0.5) is 50.4 Å². The molecule has 0 bridgehead atoms. The Hall–Kier alpha value is -6.04. The Balaban J connectivity index is 0.000000204. The van der Waals surface area contributed by atoms with Crippen molar-refractivity contribution >= 4 is 15.6 Å². The van der Waals surface area contributed by atoms with Gasteiger partial charge in [0.15, 0.2) is 0 Å². The van der Waals surface area contributed by atoms with Crippen LogP contribution in [0, 0.1) is 0 Å². The van der Waals surface area contributed by atoms with Crippen LogP contribution in [0.2, 0.25) is 0 Å². The first-order valence-corrected chi connectivity index (χ1v) is 20.6. The maximum absolute atomic E-state index is 10.7. The van der Waals surface area contributed by atoms with Gasteiger partial charge in [-0.25, -0.2) is 19.9 Å². The third kappa shape index (κ3) is 18.8. The summed E-state index contributed by atoms with van der Waals surface area (Å²) in [4.78, 5) is 41.9. The van der Waals surface area contributed by atoms with Crippen molar-refractivity contribution in [3.8, 4) is 68.3 Å². The minimum Gasteiger partial charge on any atom is -0.345 e. The molecule has 8 heterocycles. The first kappa shape index (κ1) is 47.6. The topological polar surface area (TPSA) is 135 Å². The smallest absolute Gasteiger partial charge is 0.345 e. The van der Waals surface area contributed by atoms with Crippen molar-refractivity contribution in [3.63, 3.8) is 0 Å². The summed E-state index contributed by atoms with van der Waals surface area (Å²) in [7, 11) is -21.3. The van der Waals surface area contributed by atoms with E-state index in [0.29, 0.717) is 0 Å². The SMILES string of the molecule is F[P-](F)(F)(F)(F)F.F[P-](F)(F)(F)(F)F.[Ru+2].c1ccc(-c2cc(-c3ncc[nH]3)cc(-c3ccccn3)n2)nc1.c1ccc(-c2cc(-c3ncc[nH]3)cc(-c3ccccn3)n2)nc1. The van der Waals surface area contributed by atoms with E-state index in [9.17, 15) is 50.4 Å². The summed E-state index contributed by atoms with van der Waals surface area (Å²) >= 11 is 0. The summed E-state index contributed by atoms with van der Waals surface area (Å²) < 4.78 is 118. The van der Waals surface area contributed by atoms with Gasteiger partial charge in [-0.2, -0.15) is 0 Å². The number of rotatable bonds is 6. The summed E-state index contributed by atoms with van der Waals surface area (Å²) in [6.07, 6.45) is 14.1. The monoisotopic (exact) mass is 990 g/mol. The fourth-order valence-electron chi connectivity index (χ4n) is 4.76. The standard InChI is InChI=1S/2C18H13N5.2F6P.Ru/c2*1-3-7-19-14(5-1)16-11-13(18-21-9-10-22-18)12-17(23-16)15-6-2-4-8-20-15;2*1-7(2,3,4,5)6;/h2*1-12H,(H,21,22);;;/q;;2*-1;+2. The van der Waals surface area contributed by atoms with Gasteiger partial charge in [0, 0.05) is 60.7 Å². The Bertz CT molecular complexity index is 2290. The number of hydrogen-bond donors (Lipinski definition) is 2. The van der Waals surface area contributed by atoms with Crippen molar-refractivity contribution in [2.45, 2.75) is 0 Å². The number of halogens is 12. The average molecular weight is 990 g/mol. The van der Waals surface area contributed by atoms with Gasteiger partial charge in [-0.1, -0.05) is 24.3 Å². The molecule has 8 rings (SSSR count). The van der Waals surface area contributed by atoms with Crippen LogP contribution in [0.15, 0.2) is 147 Å². The molecule has 0 fully saturated rings. The van der Waals surface area contributed by atoms with Crippen LogP contribution in [0.5, 0.6) is 0 Å². The fourth-order valence-corrected chi connectivity index (χ4v) is 4.76. The zero-order chi connectivity index (χ0) is 43.8. The van der Waals surface area contributed by atoms with Gasteiger partial charge in [-0.15, -0.1) is 0 Å². The number of aromatic amines is 2. The number of hydrogen-bond acceptors (Lipinski definition) is 8. The van der Waals surface area contributed by atoms with Crippen molar-refractivity contribution in [2.75, 3.05) is 0 Å². The molecule has 0 aliphatic carbocycles. The Morgan fingerprint density at radius 3 is 0.754 bits per heavy atom. The molecule has 0 aliphatic rings. The van der Waals surface area contributed by atoms with Crippen LogP contribution >= 0.6 is 15.6 Å². The second-order valence-electron chi connectivity index (χ2n) is 11.9. The number of nitrogens with one attached hydrogen (secondary N) is 2. The second kappa shape index (κ2) is 17.1.